The van der Waals surface area contributed by atoms with Crippen LogP contribution in [-0.4, -0.2) is 38.0 Å². The van der Waals surface area contributed by atoms with Crippen LogP contribution in [0.2, 0.25) is 0 Å². The average Bonchev–Trinajstić information content (AvgIpc) is 3.30. The smallest absolute Gasteiger partial charge is 0.158 e. The van der Waals surface area contributed by atoms with Crippen molar-refractivity contribution in [2.45, 2.75) is 128 Å². The van der Waals surface area contributed by atoms with E-state index in [-0.39, 0.29) is 18.7 Å². The van der Waals surface area contributed by atoms with E-state index in [2.05, 4.69) is 19.1 Å². The van der Waals surface area contributed by atoms with Crippen molar-refractivity contribution in [2.24, 2.45) is 11.3 Å². The molecule has 4 fully saturated rings. The van der Waals surface area contributed by atoms with E-state index in [0.717, 1.165) is 44.8 Å². The fourth-order valence-electron chi connectivity index (χ4n) is 6.16. The molecule has 0 aromatic rings. The number of allylic oxidation sites excluding steroid dienone is 1. The van der Waals surface area contributed by atoms with Gasteiger partial charge in [0.15, 0.2) is 12.6 Å². The molecule has 0 spiro atoms. The van der Waals surface area contributed by atoms with Crippen molar-refractivity contribution >= 4 is 0 Å². The van der Waals surface area contributed by atoms with Crippen molar-refractivity contribution in [3.8, 4) is 0 Å². The molecule has 0 N–H and O–H groups in total. The normalized spacial score (nSPS) is 38.2. The monoisotopic (exact) mass is 420 g/mol. The van der Waals surface area contributed by atoms with Crippen molar-refractivity contribution in [3.05, 3.63) is 12.2 Å². The number of ether oxygens (including phenoxy) is 4. The third kappa shape index (κ3) is 6.09. The molecule has 4 rings (SSSR count). The summed E-state index contributed by atoms with van der Waals surface area (Å²) in [6, 6.07) is 0. The van der Waals surface area contributed by atoms with Crippen molar-refractivity contribution in [3.63, 3.8) is 0 Å². The quantitative estimate of drug-likeness (QED) is 0.297. The summed E-state index contributed by atoms with van der Waals surface area (Å²) >= 11 is 0. The van der Waals surface area contributed by atoms with Gasteiger partial charge in [0.2, 0.25) is 0 Å². The Balaban J connectivity index is 1.36. The second kappa shape index (κ2) is 11.4. The Labute approximate surface area is 184 Å². The first-order valence-corrected chi connectivity index (χ1v) is 13.0. The van der Waals surface area contributed by atoms with Crippen molar-refractivity contribution in [1.82, 2.24) is 0 Å². The largest absolute Gasteiger partial charge is 0.353 e. The van der Waals surface area contributed by atoms with E-state index in [1.54, 1.807) is 0 Å². The molecule has 6 unspecified atom stereocenters. The topological polar surface area (TPSA) is 36.9 Å². The number of hydrogen-bond acceptors (Lipinski definition) is 4. The molecule has 0 amide bonds. The van der Waals surface area contributed by atoms with Gasteiger partial charge in [-0.25, -0.2) is 0 Å². The van der Waals surface area contributed by atoms with E-state index in [9.17, 15) is 0 Å². The molecule has 4 nitrogen and oxygen atoms in total. The van der Waals surface area contributed by atoms with Gasteiger partial charge in [-0.15, -0.1) is 0 Å². The van der Waals surface area contributed by atoms with Crippen LogP contribution in [0.25, 0.3) is 0 Å². The molecule has 2 saturated heterocycles. The molecule has 0 aromatic carbocycles. The van der Waals surface area contributed by atoms with Crippen molar-refractivity contribution in [1.29, 1.82) is 0 Å². The van der Waals surface area contributed by atoms with Crippen LogP contribution in [0, 0.1) is 11.3 Å². The fourth-order valence-corrected chi connectivity index (χ4v) is 6.16. The predicted octanol–water partition coefficient (Wildman–Crippen LogP) is 6.53. The molecule has 4 aliphatic rings. The van der Waals surface area contributed by atoms with Gasteiger partial charge in [0.05, 0.1) is 12.2 Å². The van der Waals surface area contributed by atoms with E-state index in [4.69, 9.17) is 18.9 Å². The summed E-state index contributed by atoms with van der Waals surface area (Å²) in [7, 11) is 0. The maximum atomic E-state index is 6.43. The van der Waals surface area contributed by atoms with Gasteiger partial charge in [0, 0.05) is 13.2 Å². The Morgan fingerprint density at radius 3 is 2.50 bits per heavy atom. The minimum absolute atomic E-state index is 0.00462. The van der Waals surface area contributed by atoms with Gasteiger partial charge in [-0.05, 0) is 82.0 Å². The zero-order chi connectivity index (χ0) is 20.7. The summed E-state index contributed by atoms with van der Waals surface area (Å²) in [5, 5.41) is 0. The summed E-state index contributed by atoms with van der Waals surface area (Å²) in [6.45, 7) is 3.99. The Bertz CT molecular complexity index is 523. The van der Waals surface area contributed by atoms with E-state index in [1.165, 1.54) is 70.6 Å². The molecule has 4 heteroatoms. The third-order valence-electron chi connectivity index (χ3n) is 7.84. The van der Waals surface area contributed by atoms with E-state index in [0.29, 0.717) is 11.5 Å². The van der Waals surface area contributed by atoms with Gasteiger partial charge in [0.1, 0.15) is 0 Å². The highest BCUT2D eigenvalue weighted by atomic mass is 16.7. The molecular weight excluding hydrogens is 376 g/mol. The van der Waals surface area contributed by atoms with E-state index >= 15 is 0 Å². The number of hydrogen-bond donors (Lipinski definition) is 0. The van der Waals surface area contributed by atoms with Crippen LogP contribution in [0.3, 0.4) is 0 Å². The SMILES string of the molecule is CCCCCC(C=CC12CCCC1CC(OC1CCCCO1)C2)OC1CCCCO1. The highest BCUT2D eigenvalue weighted by molar-refractivity contribution is 5.13. The minimum Gasteiger partial charge on any atom is -0.353 e. The van der Waals surface area contributed by atoms with E-state index < -0.39 is 0 Å². The Kier molecular flexibility index (Phi) is 8.69. The van der Waals surface area contributed by atoms with Gasteiger partial charge >= 0.3 is 0 Å². The summed E-state index contributed by atoms with van der Waals surface area (Å²) in [5.74, 6) is 0.768. The van der Waals surface area contributed by atoms with Crippen LogP contribution in [-0.2, 0) is 18.9 Å². The second-order valence-electron chi connectivity index (χ2n) is 10.1. The van der Waals surface area contributed by atoms with Crippen molar-refractivity contribution in [2.75, 3.05) is 13.2 Å². The third-order valence-corrected chi connectivity index (χ3v) is 7.84. The molecule has 30 heavy (non-hydrogen) atoms. The number of unbranched alkanes of at least 4 members (excludes halogenated alkanes) is 2. The van der Waals surface area contributed by atoms with Gasteiger partial charge < -0.3 is 18.9 Å². The molecule has 2 heterocycles. The highest BCUT2D eigenvalue weighted by Crippen LogP contribution is 2.56. The van der Waals surface area contributed by atoms with Gasteiger partial charge in [-0.2, -0.15) is 0 Å². The minimum atomic E-state index is -0.00462. The molecule has 0 radical (unpaired) electrons. The molecular formula is C26H44O4. The average molecular weight is 421 g/mol. The predicted molar refractivity (Wildman–Crippen MR) is 119 cm³/mol. The summed E-state index contributed by atoms with van der Waals surface area (Å²) in [6.07, 6.45) is 23.8. The number of fused-ring (bicyclic) bond motifs is 1. The maximum Gasteiger partial charge on any atom is 0.158 e. The highest BCUT2D eigenvalue weighted by Gasteiger charge is 2.49. The lowest BCUT2D eigenvalue weighted by atomic mass is 9.79. The first kappa shape index (κ1) is 22.8. The molecule has 2 aliphatic carbocycles. The molecule has 172 valence electrons. The zero-order valence-corrected chi connectivity index (χ0v) is 19.2. The van der Waals surface area contributed by atoms with Crippen LogP contribution in [0.5, 0.6) is 0 Å². The molecule has 0 bridgehead atoms. The van der Waals surface area contributed by atoms with Gasteiger partial charge in [-0.3, -0.25) is 0 Å². The molecule has 0 aromatic heterocycles. The first-order valence-electron chi connectivity index (χ1n) is 13.0. The van der Waals surface area contributed by atoms with Crippen LogP contribution in [0.4, 0.5) is 0 Å². The molecule has 6 atom stereocenters. The summed E-state index contributed by atoms with van der Waals surface area (Å²) in [5.41, 5.74) is 0.319. The standard InChI is InChI=1S/C26H44O4/c1-2-3-4-11-22(29-24-12-5-7-17-27-24)14-16-26-15-9-10-21(26)19-23(20-26)30-25-13-6-8-18-28-25/h14,16,21-25H,2-13,15,17-20H2,1H3. The second-order valence-corrected chi connectivity index (χ2v) is 10.1. The van der Waals surface area contributed by atoms with Gasteiger partial charge in [0.25, 0.3) is 0 Å². The Hall–Kier alpha value is -0.420. The van der Waals surface area contributed by atoms with Crippen LogP contribution in [0.1, 0.15) is 103 Å². The Morgan fingerprint density at radius 2 is 1.77 bits per heavy atom. The zero-order valence-electron chi connectivity index (χ0n) is 19.2. The maximum absolute atomic E-state index is 6.43. The lowest BCUT2D eigenvalue weighted by Gasteiger charge is -2.29. The summed E-state index contributed by atoms with van der Waals surface area (Å²) in [4.78, 5) is 0. The number of rotatable bonds is 10. The van der Waals surface area contributed by atoms with Crippen molar-refractivity contribution < 1.29 is 18.9 Å². The molecule has 2 saturated carbocycles. The van der Waals surface area contributed by atoms with Crippen LogP contribution in [0.15, 0.2) is 12.2 Å². The summed E-state index contributed by atoms with van der Waals surface area (Å²) < 4.78 is 24.6. The lowest BCUT2D eigenvalue weighted by Crippen LogP contribution is -2.28. The fraction of sp³-hybridized carbons (Fsp3) is 0.923. The van der Waals surface area contributed by atoms with Crippen LogP contribution < -0.4 is 0 Å². The van der Waals surface area contributed by atoms with Gasteiger partial charge in [-0.1, -0.05) is 44.8 Å². The van der Waals surface area contributed by atoms with E-state index in [1.807, 2.05) is 0 Å². The Morgan fingerprint density at radius 1 is 0.967 bits per heavy atom. The molecule has 2 aliphatic heterocycles. The van der Waals surface area contributed by atoms with Crippen LogP contribution >= 0.6 is 0 Å². The first-order chi connectivity index (χ1) is 14.8. The lowest BCUT2D eigenvalue weighted by molar-refractivity contribution is -0.188.